The van der Waals surface area contributed by atoms with Gasteiger partial charge < -0.3 is 0 Å². The molecule has 1 heterocycles. The molecule has 1 rings (SSSR count). The van der Waals surface area contributed by atoms with Crippen molar-refractivity contribution in [1.29, 1.82) is 0 Å². The van der Waals surface area contributed by atoms with Crippen LogP contribution in [-0.4, -0.2) is 23.5 Å². The lowest BCUT2D eigenvalue weighted by molar-refractivity contribution is 0.0474. The van der Waals surface area contributed by atoms with Crippen molar-refractivity contribution >= 4 is 0 Å². The third kappa shape index (κ3) is 2.19. The minimum atomic E-state index is 0.480. The van der Waals surface area contributed by atoms with Crippen molar-refractivity contribution in [2.45, 2.75) is 52.0 Å². The third-order valence-corrected chi connectivity index (χ3v) is 2.85. The third-order valence-electron chi connectivity index (χ3n) is 2.85. The molecule has 0 saturated carbocycles. The van der Waals surface area contributed by atoms with Crippen LogP contribution in [0.4, 0.5) is 0 Å². The highest BCUT2D eigenvalue weighted by Crippen LogP contribution is 2.26. The topological polar surface area (TPSA) is 3.24 Å². The van der Waals surface area contributed by atoms with E-state index in [1.807, 2.05) is 0 Å². The zero-order valence-electron chi connectivity index (χ0n) is 8.19. The van der Waals surface area contributed by atoms with Crippen LogP contribution >= 0.6 is 0 Å². The fraction of sp³-hybridized carbons (Fsp3) is 1.00. The summed E-state index contributed by atoms with van der Waals surface area (Å²) in [7, 11) is 0. The van der Waals surface area contributed by atoms with E-state index in [1.165, 1.54) is 38.8 Å². The Labute approximate surface area is 70.8 Å². The summed E-state index contributed by atoms with van der Waals surface area (Å²) >= 11 is 0. The number of nitrogens with zero attached hydrogens (tertiary/aromatic N) is 1. The summed E-state index contributed by atoms with van der Waals surface area (Å²) < 4.78 is 0. The molecule has 0 radical (unpaired) electrons. The molecule has 66 valence electrons. The average Bonchev–Trinajstić information content (AvgIpc) is 1.78. The van der Waals surface area contributed by atoms with Crippen molar-refractivity contribution in [2.75, 3.05) is 13.1 Å². The molecule has 0 aromatic rings. The van der Waals surface area contributed by atoms with Gasteiger partial charge in [-0.2, -0.15) is 0 Å². The lowest BCUT2D eigenvalue weighted by Gasteiger charge is -2.44. The zero-order valence-corrected chi connectivity index (χ0v) is 8.19. The Morgan fingerprint density at radius 3 is 2.27 bits per heavy atom. The van der Waals surface area contributed by atoms with Crippen LogP contribution in [0.2, 0.25) is 0 Å². The van der Waals surface area contributed by atoms with E-state index in [1.54, 1.807) is 0 Å². The molecule has 0 atom stereocenters. The summed E-state index contributed by atoms with van der Waals surface area (Å²) in [4.78, 5) is 2.60. The van der Waals surface area contributed by atoms with Gasteiger partial charge in [0.15, 0.2) is 0 Å². The average molecular weight is 155 g/mol. The molecule has 0 aliphatic carbocycles. The molecule has 0 aromatic heterocycles. The molecular formula is C10H21N. The van der Waals surface area contributed by atoms with Gasteiger partial charge >= 0.3 is 0 Å². The summed E-state index contributed by atoms with van der Waals surface area (Å²) in [6.07, 6.45) is 5.49. The van der Waals surface area contributed by atoms with E-state index in [0.717, 1.165) is 0 Å². The molecule has 0 spiro atoms. The standard InChI is InChI=1S/C10H21N/c1-4-5-7-10(2,3)11-8-6-9-11/h4-9H2,1-3H3. The van der Waals surface area contributed by atoms with Crippen molar-refractivity contribution in [2.24, 2.45) is 0 Å². The summed E-state index contributed by atoms with van der Waals surface area (Å²) in [6.45, 7) is 9.68. The summed E-state index contributed by atoms with van der Waals surface area (Å²) in [5.41, 5.74) is 0.480. The fourth-order valence-corrected chi connectivity index (χ4v) is 1.69. The maximum atomic E-state index is 2.60. The number of hydrogen-bond acceptors (Lipinski definition) is 1. The SMILES string of the molecule is CCCCC(C)(C)N1CCC1. The van der Waals surface area contributed by atoms with E-state index in [9.17, 15) is 0 Å². The zero-order chi connectivity index (χ0) is 8.32. The van der Waals surface area contributed by atoms with Gasteiger partial charge in [0.1, 0.15) is 0 Å². The molecule has 0 unspecified atom stereocenters. The molecule has 1 fully saturated rings. The van der Waals surface area contributed by atoms with Crippen molar-refractivity contribution < 1.29 is 0 Å². The van der Waals surface area contributed by atoms with Crippen LogP contribution in [-0.2, 0) is 0 Å². The number of likely N-dealkylation sites (tertiary alicyclic amines) is 1. The van der Waals surface area contributed by atoms with Gasteiger partial charge in [0, 0.05) is 5.54 Å². The molecule has 0 N–H and O–H groups in total. The maximum Gasteiger partial charge on any atom is 0.0153 e. The van der Waals surface area contributed by atoms with Gasteiger partial charge in [0.2, 0.25) is 0 Å². The van der Waals surface area contributed by atoms with Crippen LogP contribution < -0.4 is 0 Å². The molecule has 11 heavy (non-hydrogen) atoms. The van der Waals surface area contributed by atoms with Crippen molar-refractivity contribution in [3.05, 3.63) is 0 Å². The van der Waals surface area contributed by atoms with Gasteiger partial charge in [0.05, 0.1) is 0 Å². The normalized spacial score (nSPS) is 19.9. The molecule has 0 bridgehead atoms. The van der Waals surface area contributed by atoms with E-state index in [0.29, 0.717) is 5.54 Å². The van der Waals surface area contributed by atoms with Crippen LogP contribution in [0.25, 0.3) is 0 Å². The van der Waals surface area contributed by atoms with Crippen molar-refractivity contribution in [3.63, 3.8) is 0 Å². The summed E-state index contributed by atoms with van der Waals surface area (Å²) in [6, 6.07) is 0. The summed E-state index contributed by atoms with van der Waals surface area (Å²) in [5, 5.41) is 0. The van der Waals surface area contributed by atoms with E-state index < -0.39 is 0 Å². The van der Waals surface area contributed by atoms with Gasteiger partial charge in [0.25, 0.3) is 0 Å². The smallest absolute Gasteiger partial charge is 0.0153 e. The van der Waals surface area contributed by atoms with Crippen LogP contribution in [0.5, 0.6) is 0 Å². The number of unbranched alkanes of at least 4 members (excludes halogenated alkanes) is 1. The van der Waals surface area contributed by atoms with Gasteiger partial charge in [-0.15, -0.1) is 0 Å². The van der Waals surface area contributed by atoms with Crippen molar-refractivity contribution in [3.8, 4) is 0 Å². The van der Waals surface area contributed by atoms with E-state index in [2.05, 4.69) is 25.7 Å². The molecular weight excluding hydrogens is 134 g/mol. The lowest BCUT2D eigenvalue weighted by atomic mass is 9.92. The van der Waals surface area contributed by atoms with E-state index in [-0.39, 0.29) is 0 Å². The van der Waals surface area contributed by atoms with Gasteiger partial charge in [-0.3, -0.25) is 4.90 Å². The predicted octanol–water partition coefficient (Wildman–Crippen LogP) is 2.66. The first-order valence-electron chi connectivity index (χ1n) is 4.92. The van der Waals surface area contributed by atoms with E-state index >= 15 is 0 Å². The first-order valence-corrected chi connectivity index (χ1v) is 4.92. The van der Waals surface area contributed by atoms with Gasteiger partial charge in [-0.1, -0.05) is 19.8 Å². The number of hydrogen-bond donors (Lipinski definition) is 0. The summed E-state index contributed by atoms with van der Waals surface area (Å²) in [5.74, 6) is 0. The van der Waals surface area contributed by atoms with Gasteiger partial charge in [-0.25, -0.2) is 0 Å². The molecule has 1 aliphatic rings. The first kappa shape index (κ1) is 9.05. The second kappa shape index (κ2) is 3.57. The largest absolute Gasteiger partial charge is 0.298 e. The minimum absolute atomic E-state index is 0.480. The Bertz CT molecular complexity index is 114. The quantitative estimate of drug-likeness (QED) is 0.603. The Morgan fingerprint density at radius 1 is 1.27 bits per heavy atom. The van der Waals surface area contributed by atoms with Crippen LogP contribution in [0.3, 0.4) is 0 Å². The predicted molar refractivity (Wildman–Crippen MR) is 49.8 cm³/mol. The Kier molecular flexibility index (Phi) is 2.94. The molecule has 1 aliphatic heterocycles. The van der Waals surface area contributed by atoms with E-state index in [4.69, 9.17) is 0 Å². The molecule has 1 heteroatoms. The van der Waals surface area contributed by atoms with Gasteiger partial charge in [-0.05, 0) is 39.8 Å². The second-order valence-corrected chi connectivity index (χ2v) is 4.26. The molecule has 0 aromatic carbocycles. The van der Waals surface area contributed by atoms with Crippen LogP contribution in [0, 0.1) is 0 Å². The second-order valence-electron chi connectivity index (χ2n) is 4.26. The van der Waals surface area contributed by atoms with Crippen molar-refractivity contribution in [1.82, 2.24) is 4.90 Å². The monoisotopic (exact) mass is 155 g/mol. The molecule has 1 nitrogen and oxygen atoms in total. The highest BCUT2D eigenvalue weighted by molar-refractivity contribution is 4.86. The Hall–Kier alpha value is -0.0400. The Balaban J connectivity index is 2.25. The molecule has 1 saturated heterocycles. The first-order chi connectivity index (χ1) is 5.17. The molecule has 0 amide bonds. The highest BCUT2D eigenvalue weighted by Gasteiger charge is 2.29. The lowest BCUT2D eigenvalue weighted by Crippen LogP contribution is -2.51. The fourth-order valence-electron chi connectivity index (χ4n) is 1.69. The number of rotatable bonds is 4. The van der Waals surface area contributed by atoms with Crippen LogP contribution in [0.15, 0.2) is 0 Å². The highest BCUT2D eigenvalue weighted by atomic mass is 15.2. The maximum absolute atomic E-state index is 2.60. The Morgan fingerprint density at radius 2 is 1.91 bits per heavy atom. The van der Waals surface area contributed by atoms with Crippen LogP contribution in [0.1, 0.15) is 46.5 Å². The minimum Gasteiger partial charge on any atom is -0.298 e.